The third-order valence-corrected chi connectivity index (χ3v) is 4.03. The zero-order valence-corrected chi connectivity index (χ0v) is 13.7. The van der Waals surface area contributed by atoms with E-state index in [0.29, 0.717) is 23.4 Å². The highest BCUT2D eigenvalue weighted by Crippen LogP contribution is 2.27. The van der Waals surface area contributed by atoms with E-state index in [1.807, 2.05) is 36.4 Å². The highest BCUT2D eigenvalue weighted by Gasteiger charge is 2.18. The molecule has 0 bridgehead atoms. The normalized spacial score (nSPS) is 12.2. The van der Waals surface area contributed by atoms with Crippen LogP contribution in [0, 0.1) is 0 Å². The van der Waals surface area contributed by atoms with Gasteiger partial charge in [0, 0.05) is 17.7 Å². The number of anilines is 1. The van der Waals surface area contributed by atoms with E-state index in [0.717, 1.165) is 16.7 Å². The number of methoxy groups -OCH3 is 1. The number of fused-ring (bicyclic) bond motifs is 1. The van der Waals surface area contributed by atoms with Crippen molar-refractivity contribution in [3.8, 4) is 5.75 Å². The first-order chi connectivity index (χ1) is 12.1. The Kier molecular flexibility index (Phi) is 4.81. The third kappa shape index (κ3) is 3.87. The SMILES string of the molecule is COc1cccc(CC(=O)Nc2ccc3c(c2)C=C(C(=O)NO)C3)c1. The average Bonchev–Trinajstić information content (AvgIpc) is 3.04. The molecule has 0 aliphatic heterocycles. The van der Waals surface area contributed by atoms with Gasteiger partial charge in [-0.05, 0) is 47.0 Å². The average molecular weight is 338 g/mol. The summed E-state index contributed by atoms with van der Waals surface area (Å²) >= 11 is 0. The molecule has 2 amide bonds. The van der Waals surface area contributed by atoms with Crippen LogP contribution in [0.15, 0.2) is 48.0 Å². The largest absolute Gasteiger partial charge is 0.497 e. The lowest BCUT2D eigenvalue weighted by molar-refractivity contribution is -0.125. The van der Waals surface area contributed by atoms with Crippen molar-refractivity contribution in [2.75, 3.05) is 12.4 Å². The molecule has 128 valence electrons. The van der Waals surface area contributed by atoms with Crippen LogP contribution in [0.2, 0.25) is 0 Å². The highest BCUT2D eigenvalue weighted by molar-refractivity contribution is 6.00. The van der Waals surface area contributed by atoms with Gasteiger partial charge in [0.15, 0.2) is 0 Å². The van der Waals surface area contributed by atoms with E-state index in [2.05, 4.69) is 5.32 Å². The van der Waals surface area contributed by atoms with Crippen LogP contribution in [0.3, 0.4) is 0 Å². The molecule has 0 heterocycles. The lowest BCUT2D eigenvalue weighted by Crippen LogP contribution is -2.20. The molecule has 6 heteroatoms. The van der Waals surface area contributed by atoms with Gasteiger partial charge >= 0.3 is 0 Å². The van der Waals surface area contributed by atoms with Crippen molar-refractivity contribution in [1.82, 2.24) is 5.48 Å². The number of benzene rings is 2. The predicted molar refractivity (Wildman–Crippen MR) is 93.4 cm³/mol. The summed E-state index contributed by atoms with van der Waals surface area (Å²) in [6, 6.07) is 12.8. The Morgan fingerprint density at radius 2 is 2.04 bits per heavy atom. The lowest BCUT2D eigenvalue weighted by Gasteiger charge is -2.08. The van der Waals surface area contributed by atoms with Gasteiger partial charge < -0.3 is 10.1 Å². The molecule has 0 fully saturated rings. The summed E-state index contributed by atoms with van der Waals surface area (Å²) in [5, 5.41) is 11.6. The lowest BCUT2D eigenvalue weighted by atomic mass is 10.1. The number of rotatable bonds is 5. The molecule has 0 aromatic heterocycles. The van der Waals surface area contributed by atoms with Crippen LogP contribution in [0.25, 0.3) is 6.08 Å². The van der Waals surface area contributed by atoms with Crippen LogP contribution in [-0.2, 0) is 22.4 Å². The van der Waals surface area contributed by atoms with Gasteiger partial charge in [0.2, 0.25) is 5.91 Å². The van der Waals surface area contributed by atoms with Crippen molar-refractivity contribution in [1.29, 1.82) is 0 Å². The Morgan fingerprint density at radius 3 is 2.80 bits per heavy atom. The first-order valence-corrected chi connectivity index (χ1v) is 7.80. The molecule has 25 heavy (non-hydrogen) atoms. The first-order valence-electron chi connectivity index (χ1n) is 7.80. The Balaban J connectivity index is 1.68. The monoisotopic (exact) mass is 338 g/mol. The third-order valence-electron chi connectivity index (χ3n) is 4.03. The molecule has 2 aromatic carbocycles. The van der Waals surface area contributed by atoms with Crippen LogP contribution < -0.4 is 15.5 Å². The summed E-state index contributed by atoms with van der Waals surface area (Å²) in [6.07, 6.45) is 2.40. The maximum Gasteiger partial charge on any atom is 0.270 e. The molecule has 2 aromatic rings. The number of hydroxylamine groups is 1. The highest BCUT2D eigenvalue weighted by atomic mass is 16.5. The minimum absolute atomic E-state index is 0.136. The zero-order valence-electron chi connectivity index (χ0n) is 13.7. The Labute approximate surface area is 145 Å². The molecule has 0 unspecified atom stereocenters. The van der Waals surface area contributed by atoms with Gasteiger partial charge in [-0.25, -0.2) is 5.48 Å². The number of carbonyl (C=O) groups excluding carboxylic acids is 2. The van der Waals surface area contributed by atoms with E-state index < -0.39 is 5.91 Å². The van der Waals surface area contributed by atoms with Crippen molar-refractivity contribution < 1.29 is 19.5 Å². The first kappa shape index (κ1) is 16.7. The number of ether oxygens (including phenoxy) is 1. The zero-order chi connectivity index (χ0) is 17.8. The summed E-state index contributed by atoms with van der Waals surface area (Å²) in [4.78, 5) is 23.7. The van der Waals surface area contributed by atoms with Crippen molar-refractivity contribution >= 4 is 23.6 Å². The number of hydrogen-bond donors (Lipinski definition) is 3. The van der Waals surface area contributed by atoms with E-state index in [9.17, 15) is 9.59 Å². The van der Waals surface area contributed by atoms with Gasteiger partial charge in [-0.15, -0.1) is 0 Å². The maximum absolute atomic E-state index is 12.2. The van der Waals surface area contributed by atoms with E-state index in [-0.39, 0.29) is 12.3 Å². The second-order valence-electron chi connectivity index (χ2n) is 5.78. The second-order valence-corrected chi connectivity index (χ2v) is 5.78. The van der Waals surface area contributed by atoms with Crippen molar-refractivity contribution in [2.24, 2.45) is 0 Å². The van der Waals surface area contributed by atoms with Gasteiger partial charge in [-0.3, -0.25) is 14.8 Å². The Morgan fingerprint density at radius 1 is 1.20 bits per heavy atom. The van der Waals surface area contributed by atoms with Crippen LogP contribution in [-0.4, -0.2) is 24.1 Å². The molecule has 0 atom stereocenters. The molecule has 3 N–H and O–H groups in total. The summed E-state index contributed by atoms with van der Waals surface area (Å²) in [5.41, 5.74) is 5.48. The van der Waals surface area contributed by atoms with Crippen molar-refractivity contribution in [2.45, 2.75) is 12.8 Å². The summed E-state index contributed by atoms with van der Waals surface area (Å²) in [6.45, 7) is 0. The summed E-state index contributed by atoms with van der Waals surface area (Å²) < 4.78 is 5.16. The summed E-state index contributed by atoms with van der Waals surface area (Å²) in [7, 11) is 1.59. The number of carbonyl (C=O) groups is 2. The number of hydrogen-bond acceptors (Lipinski definition) is 4. The molecule has 6 nitrogen and oxygen atoms in total. The predicted octanol–water partition coefficient (Wildman–Crippen LogP) is 2.32. The number of nitrogens with one attached hydrogen (secondary N) is 2. The molecule has 0 spiro atoms. The number of amides is 2. The van der Waals surface area contributed by atoms with Crippen LogP contribution in [0.4, 0.5) is 5.69 Å². The fourth-order valence-electron chi connectivity index (χ4n) is 2.80. The quantitative estimate of drug-likeness (QED) is 0.577. The minimum Gasteiger partial charge on any atom is -0.497 e. The summed E-state index contributed by atoms with van der Waals surface area (Å²) in [5.74, 6) is 0.0611. The molecule has 1 aliphatic carbocycles. The second kappa shape index (κ2) is 7.19. The van der Waals surface area contributed by atoms with Crippen LogP contribution in [0.1, 0.15) is 16.7 Å². The minimum atomic E-state index is -0.514. The standard InChI is InChI=1S/C19H18N2O4/c1-25-17-4-2-3-12(7-17)8-18(22)20-16-6-5-13-9-15(19(23)21-24)10-14(13)11-16/h2-7,10-11,24H,8-9H2,1H3,(H,20,22)(H,21,23). The van der Waals surface area contributed by atoms with Gasteiger partial charge in [0.25, 0.3) is 5.91 Å². The molecule has 0 saturated heterocycles. The smallest absolute Gasteiger partial charge is 0.270 e. The molecule has 1 aliphatic rings. The molecule has 0 saturated carbocycles. The van der Waals surface area contributed by atoms with E-state index in [1.54, 1.807) is 24.7 Å². The van der Waals surface area contributed by atoms with Gasteiger partial charge in [0.05, 0.1) is 13.5 Å². The van der Waals surface area contributed by atoms with Gasteiger partial charge in [0.1, 0.15) is 5.75 Å². The molecule has 0 radical (unpaired) electrons. The van der Waals surface area contributed by atoms with E-state index >= 15 is 0 Å². The maximum atomic E-state index is 12.2. The van der Waals surface area contributed by atoms with Crippen LogP contribution >= 0.6 is 0 Å². The fraction of sp³-hybridized carbons (Fsp3) is 0.158. The van der Waals surface area contributed by atoms with E-state index in [4.69, 9.17) is 9.94 Å². The van der Waals surface area contributed by atoms with Gasteiger partial charge in [-0.1, -0.05) is 18.2 Å². The molecule has 3 rings (SSSR count). The molecular formula is C19H18N2O4. The Hall–Kier alpha value is -3.12. The van der Waals surface area contributed by atoms with Crippen molar-refractivity contribution in [3.05, 3.63) is 64.7 Å². The fourth-order valence-corrected chi connectivity index (χ4v) is 2.80. The Bertz CT molecular complexity index is 858. The topological polar surface area (TPSA) is 87.7 Å². The van der Waals surface area contributed by atoms with Gasteiger partial charge in [-0.2, -0.15) is 0 Å². The van der Waals surface area contributed by atoms with Crippen molar-refractivity contribution in [3.63, 3.8) is 0 Å². The molecular weight excluding hydrogens is 320 g/mol. The van der Waals surface area contributed by atoms with Crippen LogP contribution in [0.5, 0.6) is 5.75 Å². The van der Waals surface area contributed by atoms with E-state index in [1.165, 1.54) is 0 Å².